The van der Waals surface area contributed by atoms with E-state index in [1.807, 2.05) is 0 Å². The number of carboxylic acid groups (broad SMARTS) is 1. The van der Waals surface area contributed by atoms with Gasteiger partial charge in [-0.05, 0) is 18.2 Å². The van der Waals surface area contributed by atoms with E-state index >= 15 is 0 Å². The average Bonchev–Trinajstić information content (AvgIpc) is 2.87. The third-order valence-corrected chi connectivity index (χ3v) is 2.55. The van der Waals surface area contributed by atoms with E-state index in [9.17, 15) is 28.1 Å². The van der Waals surface area contributed by atoms with Crippen molar-refractivity contribution >= 4 is 11.7 Å². The largest absolute Gasteiger partial charge is 0.478 e. The Balaban J connectivity index is 2.60. The number of nitrogens with zero attached hydrogens (tertiary/aromatic N) is 3. The number of aromatic carboxylic acids is 1. The lowest BCUT2D eigenvalue weighted by Crippen LogP contribution is -2.09. The third-order valence-electron chi connectivity index (χ3n) is 2.55. The minimum Gasteiger partial charge on any atom is -0.478 e. The van der Waals surface area contributed by atoms with Gasteiger partial charge in [0.25, 0.3) is 5.69 Å². The van der Waals surface area contributed by atoms with Crippen molar-refractivity contribution in [1.82, 2.24) is 9.78 Å². The summed E-state index contributed by atoms with van der Waals surface area (Å²) in [7, 11) is 0. The number of carboxylic acids is 1. The van der Waals surface area contributed by atoms with E-state index in [2.05, 4.69) is 5.10 Å². The summed E-state index contributed by atoms with van der Waals surface area (Å²) in [5.41, 5.74) is -2.47. The first kappa shape index (κ1) is 14.5. The Morgan fingerprint density at radius 1 is 1.33 bits per heavy atom. The van der Waals surface area contributed by atoms with E-state index in [-0.39, 0.29) is 11.3 Å². The van der Waals surface area contributed by atoms with Crippen LogP contribution in [0.4, 0.5) is 18.9 Å². The van der Waals surface area contributed by atoms with Gasteiger partial charge in [-0.15, -0.1) is 0 Å². The summed E-state index contributed by atoms with van der Waals surface area (Å²) in [6, 6.07) is 3.40. The molecule has 0 saturated heterocycles. The van der Waals surface area contributed by atoms with Gasteiger partial charge in [0.2, 0.25) is 0 Å². The summed E-state index contributed by atoms with van der Waals surface area (Å²) in [4.78, 5) is 20.9. The maximum absolute atomic E-state index is 12.5. The molecular formula is C11H6F3N3O4. The molecule has 0 saturated carbocycles. The molecule has 0 aliphatic carbocycles. The minimum absolute atomic E-state index is 0.306. The molecule has 1 heterocycles. The van der Waals surface area contributed by atoms with Crippen LogP contribution in [0, 0.1) is 10.1 Å². The fraction of sp³-hybridized carbons (Fsp3) is 0.0909. The molecule has 1 aromatic heterocycles. The van der Waals surface area contributed by atoms with Crippen LogP contribution >= 0.6 is 0 Å². The fourth-order valence-electron chi connectivity index (χ4n) is 1.60. The molecule has 0 amide bonds. The first-order valence-corrected chi connectivity index (χ1v) is 5.35. The number of nitro groups is 1. The van der Waals surface area contributed by atoms with Gasteiger partial charge in [-0.2, -0.15) is 18.3 Å². The van der Waals surface area contributed by atoms with Gasteiger partial charge in [0.1, 0.15) is 5.69 Å². The molecule has 110 valence electrons. The van der Waals surface area contributed by atoms with Crippen molar-refractivity contribution in [1.29, 1.82) is 0 Å². The summed E-state index contributed by atoms with van der Waals surface area (Å²) in [5, 5.41) is 22.9. The van der Waals surface area contributed by atoms with Crippen LogP contribution in [0.25, 0.3) is 5.69 Å². The minimum atomic E-state index is -4.70. The molecule has 10 heteroatoms. The molecule has 0 unspecified atom stereocenters. The molecule has 1 aromatic carbocycles. The van der Waals surface area contributed by atoms with Gasteiger partial charge in [-0.3, -0.25) is 10.1 Å². The van der Waals surface area contributed by atoms with Gasteiger partial charge in [0.05, 0.1) is 10.5 Å². The van der Waals surface area contributed by atoms with Gasteiger partial charge >= 0.3 is 12.1 Å². The molecule has 0 aliphatic rings. The van der Waals surface area contributed by atoms with E-state index in [0.717, 1.165) is 24.4 Å². The van der Waals surface area contributed by atoms with Crippen molar-refractivity contribution in [2.45, 2.75) is 6.18 Å². The Kier molecular flexibility index (Phi) is 3.37. The predicted molar refractivity (Wildman–Crippen MR) is 62.2 cm³/mol. The van der Waals surface area contributed by atoms with Crippen molar-refractivity contribution in [2.75, 3.05) is 0 Å². The molecular weight excluding hydrogens is 295 g/mol. The molecule has 0 bridgehead atoms. The second-order valence-electron chi connectivity index (χ2n) is 3.91. The molecule has 1 N–H and O–H groups in total. The molecule has 2 aromatic rings. The summed E-state index contributed by atoms with van der Waals surface area (Å²) in [6.45, 7) is 0. The number of rotatable bonds is 3. The van der Waals surface area contributed by atoms with Crippen LogP contribution in [0.1, 0.15) is 16.1 Å². The number of alkyl halides is 3. The lowest BCUT2D eigenvalue weighted by molar-refractivity contribution is -0.384. The number of aromatic nitrogens is 2. The van der Waals surface area contributed by atoms with Crippen molar-refractivity contribution in [3.8, 4) is 5.69 Å². The van der Waals surface area contributed by atoms with Crippen LogP contribution in [0.5, 0.6) is 0 Å². The van der Waals surface area contributed by atoms with Gasteiger partial charge in [-0.25, -0.2) is 9.48 Å². The quantitative estimate of drug-likeness (QED) is 0.693. The molecule has 7 nitrogen and oxygen atoms in total. The maximum atomic E-state index is 12.5. The van der Waals surface area contributed by atoms with E-state index in [4.69, 9.17) is 5.11 Å². The van der Waals surface area contributed by atoms with Crippen LogP contribution in [0.2, 0.25) is 0 Å². The van der Waals surface area contributed by atoms with Crippen LogP contribution < -0.4 is 0 Å². The highest BCUT2D eigenvalue weighted by Gasteiger charge is 2.34. The standard InChI is InChI=1S/C11H6F3N3O4/c12-11(13,14)9-3-4-16(15-9)8-5-6(10(18)19)1-2-7(8)17(20)21/h1-5H,(H,18,19). The van der Waals surface area contributed by atoms with Gasteiger partial charge in [0, 0.05) is 12.3 Å². The van der Waals surface area contributed by atoms with Gasteiger partial charge in [0.15, 0.2) is 5.69 Å². The normalized spacial score (nSPS) is 11.4. The smallest absolute Gasteiger partial charge is 0.435 e. The number of hydrogen-bond donors (Lipinski definition) is 1. The molecule has 0 radical (unpaired) electrons. The molecule has 2 rings (SSSR count). The summed E-state index contributed by atoms with van der Waals surface area (Å²) in [5.74, 6) is -1.37. The van der Waals surface area contributed by atoms with E-state index in [1.165, 1.54) is 0 Å². The first-order valence-electron chi connectivity index (χ1n) is 5.35. The van der Waals surface area contributed by atoms with Crippen molar-refractivity contribution < 1.29 is 28.0 Å². The van der Waals surface area contributed by atoms with Crippen molar-refractivity contribution in [2.24, 2.45) is 0 Å². The van der Waals surface area contributed by atoms with E-state index in [1.54, 1.807) is 0 Å². The Bertz CT molecular complexity index is 724. The van der Waals surface area contributed by atoms with E-state index < -0.39 is 28.5 Å². The maximum Gasteiger partial charge on any atom is 0.435 e. The number of halogens is 3. The fourth-order valence-corrected chi connectivity index (χ4v) is 1.60. The number of nitro benzene ring substituents is 1. The van der Waals surface area contributed by atoms with Crippen LogP contribution in [0.15, 0.2) is 30.5 Å². The lowest BCUT2D eigenvalue weighted by Gasteiger charge is -2.05. The van der Waals surface area contributed by atoms with Crippen molar-refractivity contribution in [3.05, 3.63) is 51.8 Å². The third kappa shape index (κ3) is 2.83. The predicted octanol–water partition coefficient (Wildman–Crippen LogP) is 2.50. The Hall–Kier alpha value is -2.91. The van der Waals surface area contributed by atoms with Gasteiger partial charge < -0.3 is 5.11 Å². The first-order chi connectivity index (χ1) is 9.70. The molecule has 0 atom stereocenters. The van der Waals surface area contributed by atoms with Crippen LogP contribution in [-0.4, -0.2) is 25.8 Å². The van der Waals surface area contributed by atoms with Crippen LogP contribution in [-0.2, 0) is 6.18 Å². The number of carbonyl (C=O) groups is 1. The highest BCUT2D eigenvalue weighted by Crippen LogP contribution is 2.29. The topological polar surface area (TPSA) is 98.3 Å². The number of benzene rings is 1. The Labute approximate surface area is 114 Å². The number of hydrogen-bond acceptors (Lipinski definition) is 4. The highest BCUT2D eigenvalue weighted by atomic mass is 19.4. The zero-order chi connectivity index (χ0) is 15.8. The summed E-state index contributed by atoms with van der Waals surface area (Å²) >= 11 is 0. The molecule has 0 aliphatic heterocycles. The van der Waals surface area contributed by atoms with Crippen molar-refractivity contribution in [3.63, 3.8) is 0 Å². The monoisotopic (exact) mass is 301 g/mol. The zero-order valence-electron chi connectivity index (χ0n) is 10.0. The Morgan fingerprint density at radius 3 is 2.48 bits per heavy atom. The highest BCUT2D eigenvalue weighted by molar-refractivity contribution is 5.89. The average molecular weight is 301 g/mol. The SMILES string of the molecule is O=C(O)c1ccc([N+](=O)[O-])c(-n2ccc(C(F)(F)F)n2)c1. The second-order valence-corrected chi connectivity index (χ2v) is 3.91. The van der Waals surface area contributed by atoms with Gasteiger partial charge in [-0.1, -0.05) is 0 Å². The summed E-state index contributed by atoms with van der Waals surface area (Å²) < 4.78 is 38.1. The zero-order valence-corrected chi connectivity index (χ0v) is 10.0. The molecule has 0 spiro atoms. The second kappa shape index (κ2) is 4.89. The summed E-state index contributed by atoms with van der Waals surface area (Å²) in [6.07, 6.45) is -3.83. The van der Waals surface area contributed by atoms with E-state index in [0.29, 0.717) is 10.7 Å². The van der Waals surface area contributed by atoms with Crippen LogP contribution in [0.3, 0.4) is 0 Å². The molecule has 0 fully saturated rings. The molecule has 21 heavy (non-hydrogen) atoms. The lowest BCUT2D eigenvalue weighted by atomic mass is 10.2. The Morgan fingerprint density at radius 2 is 2.00 bits per heavy atom.